The van der Waals surface area contributed by atoms with Crippen molar-refractivity contribution >= 4 is 21.6 Å². The molecular formula is C10H13BrN2O2. The van der Waals surface area contributed by atoms with Gasteiger partial charge in [-0.15, -0.1) is 0 Å². The van der Waals surface area contributed by atoms with Crippen molar-refractivity contribution in [1.82, 2.24) is 4.98 Å². The monoisotopic (exact) mass is 272 g/mol. The van der Waals surface area contributed by atoms with Crippen LogP contribution in [0.2, 0.25) is 0 Å². The van der Waals surface area contributed by atoms with Gasteiger partial charge in [0.05, 0.1) is 19.3 Å². The Morgan fingerprint density at radius 2 is 2.53 bits per heavy atom. The number of hydrogen-bond donors (Lipinski definition) is 1. The summed E-state index contributed by atoms with van der Waals surface area (Å²) in [6, 6.07) is 3.93. The van der Waals surface area contributed by atoms with Crippen LogP contribution in [0.4, 0.5) is 5.69 Å². The molecule has 2 heterocycles. The number of anilines is 1. The van der Waals surface area contributed by atoms with Gasteiger partial charge in [-0.1, -0.05) is 0 Å². The maximum absolute atomic E-state index is 9.04. The first-order valence-corrected chi connectivity index (χ1v) is 5.68. The standard InChI is InChI=1S/C10H13BrN2O2/c11-10-5-8(1-2-12-10)13-3-4-15-9(6-13)7-14/h1-2,5,9,14H,3-4,6-7H2/t9-/m0/s1. The third-order valence-electron chi connectivity index (χ3n) is 2.42. The van der Waals surface area contributed by atoms with E-state index in [1.165, 1.54) is 0 Å². The quantitative estimate of drug-likeness (QED) is 0.818. The first-order chi connectivity index (χ1) is 7.29. The van der Waals surface area contributed by atoms with Gasteiger partial charge < -0.3 is 14.7 Å². The summed E-state index contributed by atoms with van der Waals surface area (Å²) < 4.78 is 6.22. The average molecular weight is 273 g/mol. The molecule has 82 valence electrons. The number of aliphatic hydroxyl groups is 1. The van der Waals surface area contributed by atoms with E-state index in [1.54, 1.807) is 6.20 Å². The number of aromatic nitrogens is 1. The van der Waals surface area contributed by atoms with Gasteiger partial charge in [0.15, 0.2) is 0 Å². The highest BCUT2D eigenvalue weighted by Crippen LogP contribution is 2.20. The summed E-state index contributed by atoms with van der Waals surface area (Å²) in [6.07, 6.45) is 1.69. The maximum Gasteiger partial charge on any atom is 0.108 e. The topological polar surface area (TPSA) is 45.6 Å². The van der Waals surface area contributed by atoms with Crippen LogP contribution in [-0.2, 0) is 4.74 Å². The second-order valence-electron chi connectivity index (χ2n) is 3.46. The first kappa shape index (κ1) is 10.9. The Kier molecular flexibility index (Phi) is 3.56. The zero-order chi connectivity index (χ0) is 10.7. The van der Waals surface area contributed by atoms with Gasteiger partial charge in [0.1, 0.15) is 4.60 Å². The first-order valence-electron chi connectivity index (χ1n) is 4.88. The molecule has 1 aromatic rings. The summed E-state index contributed by atoms with van der Waals surface area (Å²) in [7, 11) is 0. The van der Waals surface area contributed by atoms with Crippen molar-refractivity contribution in [3.8, 4) is 0 Å². The molecule has 1 aliphatic rings. The molecule has 1 atom stereocenters. The molecule has 1 saturated heterocycles. The van der Waals surface area contributed by atoms with Crippen molar-refractivity contribution in [1.29, 1.82) is 0 Å². The molecule has 1 fully saturated rings. The number of rotatable bonds is 2. The van der Waals surface area contributed by atoms with Crippen molar-refractivity contribution in [3.63, 3.8) is 0 Å². The predicted octanol–water partition coefficient (Wildman–Crippen LogP) is 1.04. The molecule has 2 rings (SSSR count). The van der Waals surface area contributed by atoms with Crippen molar-refractivity contribution in [2.24, 2.45) is 0 Å². The normalized spacial score (nSPS) is 21.7. The van der Waals surface area contributed by atoms with E-state index in [0.717, 1.165) is 23.4 Å². The third kappa shape index (κ3) is 2.68. The van der Waals surface area contributed by atoms with Gasteiger partial charge in [-0.3, -0.25) is 0 Å². The van der Waals surface area contributed by atoms with Crippen LogP contribution in [0.5, 0.6) is 0 Å². The van der Waals surface area contributed by atoms with Crippen LogP contribution >= 0.6 is 15.9 Å². The molecule has 0 amide bonds. The molecule has 0 aliphatic carbocycles. The minimum Gasteiger partial charge on any atom is -0.394 e. The smallest absolute Gasteiger partial charge is 0.108 e. The van der Waals surface area contributed by atoms with Crippen molar-refractivity contribution in [2.45, 2.75) is 6.10 Å². The Morgan fingerprint density at radius 1 is 1.67 bits per heavy atom. The van der Waals surface area contributed by atoms with E-state index in [2.05, 4.69) is 25.8 Å². The molecule has 0 unspecified atom stereocenters. The van der Waals surface area contributed by atoms with E-state index in [-0.39, 0.29) is 12.7 Å². The summed E-state index contributed by atoms with van der Waals surface area (Å²) >= 11 is 3.34. The number of nitrogens with zero attached hydrogens (tertiary/aromatic N) is 2. The molecule has 0 bridgehead atoms. The lowest BCUT2D eigenvalue weighted by molar-refractivity contribution is 0.00356. The molecule has 15 heavy (non-hydrogen) atoms. The van der Waals surface area contributed by atoms with Crippen molar-refractivity contribution in [3.05, 3.63) is 22.9 Å². The van der Waals surface area contributed by atoms with Crippen LogP contribution in [0.25, 0.3) is 0 Å². The predicted molar refractivity (Wildman–Crippen MR) is 61.0 cm³/mol. The van der Waals surface area contributed by atoms with E-state index in [4.69, 9.17) is 9.84 Å². The van der Waals surface area contributed by atoms with Gasteiger partial charge in [-0.2, -0.15) is 0 Å². The zero-order valence-electron chi connectivity index (χ0n) is 8.27. The number of ether oxygens (including phenoxy) is 1. The molecule has 4 nitrogen and oxygen atoms in total. The van der Waals surface area contributed by atoms with Crippen LogP contribution in [0.1, 0.15) is 0 Å². The molecule has 1 aromatic heterocycles. The highest BCUT2D eigenvalue weighted by atomic mass is 79.9. The summed E-state index contributed by atoms with van der Waals surface area (Å²) in [5, 5.41) is 9.04. The van der Waals surface area contributed by atoms with Crippen LogP contribution in [0.3, 0.4) is 0 Å². The Labute approximate surface area is 97.0 Å². The van der Waals surface area contributed by atoms with E-state index < -0.39 is 0 Å². The van der Waals surface area contributed by atoms with Gasteiger partial charge in [-0.05, 0) is 28.1 Å². The summed E-state index contributed by atoms with van der Waals surface area (Å²) in [6.45, 7) is 2.31. The Morgan fingerprint density at radius 3 is 3.27 bits per heavy atom. The fourth-order valence-corrected chi connectivity index (χ4v) is 2.01. The Hall–Kier alpha value is -0.650. The number of halogens is 1. The molecule has 0 spiro atoms. The van der Waals surface area contributed by atoms with Crippen LogP contribution in [0.15, 0.2) is 22.9 Å². The fourth-order valence-electron chi connectivity index (χ4n) is 1.65. The third-order valence-corrected chi connectivity index (χ3v) is 2.85. The second-order valence-corrected chi connectivity index (χ2v) is 4.27. The van der Waals surface area contributed by atoms with E-state index >= 15 is 0 Å². The second kappa shape index (κ2) is 4.92. The number of hydrogen-bond acceptors (Lipinski definition) is 4. The number of aliphatic hydroxyl groups excluding tert-OH is 1. The summed E-state index contributed by atoms with van der Waals surface area (Å²) in [5.41, 5.74) is 1.11. The molecule has 1 N–H and O–H groups in total. The lowest BCUT2D eigenvalue weighted by atomic mass is 10.2. The number of pyridine rings is 1. The molecule has 0 saturated carbocycles. The summed E-state index contributed by atoms with van der Waals surface area (Å²) in [5.74, 6) is 0. The largest absolute Gasteiger partial charge is 0.394 e. The van der Waals surface area contributed by atoms with Gasteiger partial charge in [-0.25, -0.2) is 4.98 Å². The van der Waals surface area contributed by atoms with E-state index in [9.17, 15) is 0 Å². The Bertz CT molecular complexity index is 335. The van der Waals surface area contributed by atoms with Gasteiger partial charge >= 0.3 is 0 Å². The van der Waals surface area contributed by atoms with Crippen LogP contribution in [0, 0.1) is 0 Å². The highest BCUT2D eigenvalue weighted by molar-refractivity contribution is 9.10. The lowest BCUT2D eigenvalue weighted by Crippen LogP contribution is -2.44. The minimum absolute atomic E-state index is 0.0722. The molecule has 0 aromatic carbocycles. The van der Waals surface area contributed by atoms with Crippen LogP contribution in [-0.4, -0.2) is 42.5 Å². The number of morpholine rings is 1. The molecule has 5 heteroatoms. The highest BCUT2D eigenvalue weighted by Gasteiger charge is 2.19. The maximum atomic E-state index is 9.04. The molecular weight excluding hydrogens is 260 g/mol. The van der Waals surface area contributed by atoms with E-state index in [0.29, 0.717) is 6.61 Å². The lowest BCUT2D eigenvalue weighted by Gasteiger charge is -2.33. The Balaban J connectivity index is 2.09. The molecule has 0 radical (unpaired) electrons. The molecule has 1 aliphatic heterocycles. The van der Waals surface area contributed by atoms with Crippen molar-refractivity contribution in [2.75, 3.05) is 31.2 Å². The van der Waals surface area contributed by atoms with Crippen molar-refractivity contribution < 1.29 is 9.84 Å². The average Bonchev–Trinajstić information content (AvgIpc) is 2.29. The SMILES string of the molecule is OC[C@@H]1CN(c2ccnc(Br)c2)CCO1. The summed E-state index contributed by atoms with van der Waals surface area (Å²) in [4.78, 5) is 6.27. The minimum atomic E-state index is -0.0781. The van der Waals surface area contributed by atoms with Gasteiger partial charge in [0.2, 0.25) is 0 Å². The fraction of sp³-hybridized carbons (Fsp3) is 0.500. The zero-order valence-corrected chi connectivity index (χ0v) is 9.85. The van der Waals surface area contributed by atoms with Gasteiger partial charge in [0, 0.05) is 25.0 Å². The van der Waals surface area contributed by atoms with Crippen LogP contribution < -0.4 is 4.90 Å². The van der Waals surface area contributed by atoms with E-state index in [1.807, 2.05) is 12.1 Å². The van der Waals surface area contributed by atoms with Gasteiger partial charge in [0.25, 0.3) is 0 Å².